The third kappa shape index (κ3) is 3.89. The molecule has 1 aliphatic rings. The van der Waals surface area contributed by atoms with Crippen molar-refractivity contribution in [3.05, 3.63) is 94.0 Å². The van der Waals surface area contributed by atoms with E-state index in [0.29, 0.717) is 5.92 Å². The number of hydrogen-bond donors (Lipinski definition) is 0. The summed E-state index contributed by atoms with van der Waals surface area (Å²) in [5.41, 5.74) is 6.42. The second-order valence-electron chi connectivity index (χ2n) is 8.46. The summed E-state index contributed by atoms with van der Waals surface area (Å²) in [7, 11) is 2.18. The van der Waals surface area contributed by atoms with Crippen LogP contribution in [0.1, 0.15) is 29.9 Å². The Hall–Kier alpha value is -2.26. The van der Waals surface area contributed by atoms with Gasteiger partial charge in [0, 0.05) is 34.5 Å². The minimum absolute atomic E-state index is 0.429. The van der Waals surface area contributed by atoms with E-state index >= 15 is 0 Å². The van der Waals surface area contributed by atoms with Gasteiger partial charge in [0.1, 0.15) is 0 Å². The highest BCUT2D eigenvalue weighted by Crippen LogP contribution is 2.39. The topological polar surface area (TPSA) is 8.17 Å². The molecule has 1 fully saturated rings. The van der Waals surface area contributed by atoms with Crippen molar-refractivity contribution in [1.82, 2.24) is 9.47 Å². The van der Waals surface area contributed by atoms with E-state index in [9.17, 15) is 0 Å². The van der Waals surface area contributed by atoms with Crippen LogP contribution in [0.4, 0.5) is 0 Å². The number of fused-ring (bicyclic) bond motifs is 1. The van der Waals surface area contributed by atoms with Crippen LogP contribution in [-0.4, -0.2) is 22.6 Å². The molecule has 0 atom stereocenters. The fraction of sp³-hybridized carbons (Fsp3) is 0.259. The molecule has 4 heteroatoms. The predicted octanol–water partition coefficient (Wildman–Crippen LogP) is 7.53. The number of hydrogen-bond acceptors (Lipinski definition) is 1. The van der Waals surface area contributed by atoms with Gasteiger partial charge in [0.2, 0.25) is 0 Å². The van der Waals surface area contributed by atoms with Crippen molar-refractivity contribution in [1.29, 1.82) is 0 Å². The molecule has 2 nitrogen and oxygen atoms in total. The normalized spacial score (nSPS) is 15.6. The number of aryl methyl sites for hydroxylation is 1. The Kier molecular flexibility index (Phi) is 5.79. The lowest BCUT2D eigenvalue weighted by Gasteiger charge is -2.33. The predicted molar refractivity (Wildman–Crippen MR) is 132 cm³/mol. The Morgan fingerprint density at radius 3 is 2.16 bits per heavy atom. The van der Waals surface area contributed by atoms with Gasteiger partial charge in [-0.25, -0.2) is 0 Å². The van der Waals surface area contributed by atoms with E-state index in [1.807, 2.05) is 18.2 Å². The lowest BCUT2D eigenvalue weighted by atomic mass is 9.89. The van der Waals surface area contributed by atoms with Crippen molar-refractivity contribution < 1.29 is 0 Å². The molecule has 5 rings (SSSR count). The molecule has 1 aliphatic heterocycles. The summed E-state index contributed by atoms with van der Waals surface area (Å²) in [6, 6.07) is 25.3. The van der Waals surface area contributed by atoms with Crippen LogP contribution >= 0.6 is 23.2 Å². The zero-order valence-corrected chi connectivity index (χ0v) is 19.2. The molecule has 2 heterocycles. The molecular weight excluding hydrogens is 423 g/mol. The van der Waals surface area contributed by atoms with Crippen LogP contribution in [0.25, 0.3) is 22.2 Å². The van der Waals surface area contributed by atoms with E-state index in [4.69, 9.17) is 23.2 Å². The van der Waals surface area contributed by atoms with Gasteiger partial charge in [-0.2, -0.15) is 0 Å². The largest absolute Gasteiger partial charge is 0.343 e. The van der Waals surface area contributed by atoms with Gasteiger partial charge in [0.15, 0.2) is 0 Å². The second kappa shape index (κ2) is 8.70. The SMILES string of the molecule is Cn1c(-c2ccccc2)c(CN2CCC(c3c(Cl)cccc3Cl)CC2)c2ccccc21. The van der Waals surface area contributed by atoms with E-state index in [0.717, 1.165) is 48.1 Å². The van der Waals surface area contributed by atoms with Gasteiger partial charge in [-0.3, -0.25) is 4.90 Å². The highest BCUT2D eigenvalue weighted by molar-refractivity contribution is 6.36. The highest BCUT2D eigenvalue weighted by Gasteiger charge is 2.26. The molecule has 0 bridgehead atoms. The van der Waals surface area contributed by atoms with E-state index in [2.05, 4.69) is 71.1 Å². The molecule has 0 spiro atoms. The third-order valence-electron chi connectivity index (χ3n) is 6.64. The van der Waals surface area contributed by atoms with Crippen molar-refractivity contribution in [2.45, 2.75) is 25.3 Å². The maximum absolute atomic E-state index is 6.48. The summed E-state index contributed by atoms with van der Waals surface area (Å²) in [5.74, 6) is 0.429. The molecule has 0 unspecified atom stereocenters. The van der Waals surface area contributed by atoms with Gasteiger partial charge in [-0.1, -0.05) is 77.8 Å². The van der Waals surface area contributed by atoms with Gasteiger partial charge < -0.3 is 4.57 Å². The fourth-order valence-corrected chi connectivity index (χ4v) is 5.81. The summed E-state index contributed by atoms with van der Waals surface area (Å²) in [6.07, 6.45) is 2.16. The lowest BCUT2D eigenvalue weighted by Crippen LogP contribution is -2.32. The maximum atomic E-state index is 6.48. The van der Waals surface area contributed by atoms with Crippen LogP contribution in [0.2, 0.25) is 10.0 Å². The Morgan fingerprint density at radius 2 is 1.45 bits per heavy atom. The Balaban J connectivity index is 1.43. The average Bonchev–Trinajstić information content (AvgIpc) is 3.07. The Labute approximate surface area is 194 Å². The number of piperidine rings is 1. The molecule has 0 aliphatic carbocycles. The first kappa shape index (κ1) is 20.6. The second-order valence-corrected chi connectivity index (χ2v) is 9.27. The number of para-hydroxylation sites is 1. The average molecular weight is 449 g/mol. The molecule has 0 N–H and O–H groups in total. The maximum Gasteiger partial charge on any atom is 0.0534 e. The molecule has 1 aromatic heterocycles. The first-order valence-electron chi connectivity index (χ1n) is 10.9. The van der Waals surface area contributed by atoms with Gasteiger partial charge in [-0.05, 0) is 66.7 Å². The molecular formula is C27H26Cl2N2. The van der Waals surface area contributed by atoms with Crippen molar-refractivity contribution >= 4 is 34.1 Å². The summed E-state index contributed by atoms with van der Waals surface area (Å²) >= 11 is 13.0. The molecule has 3 aromatic carbocycles. The number of rotatable bonds is 4. The first-order chi connectivity index (χ1) is 15.1. The molecule has 31 heavy (non-hydrogen) atoms. The number of benzene rings is 3. The quantitative estimate of drug-likeness (QED) is 0.313. The monoisotopic (exact) mass is 448 g/mol. The minimum atomic E-state index is 0.429. The van der Waals surface area contributed by atoms with E-state index in [1.165, 1.54) is 27.7 Å². The smallest absolute Gasteiger partial charge is 0.0534 e. The van der Waals surface area contributed by atoms with Crippen molar-refractivity contribution in [3.63, 3.8) is 0 Å². The van der Waals surface area contributed by atoms with Crippen LogP contribution in [0.15, 0.2) is 72.8 Å². The first-order valence-corrected chi connectivity index (χ1v) is 11.7. The summed E-state index contributed by atoms with van der Waals surface area (Å²) in [4.78, 5) is 2.58. The third-order valence-corrected chi connectivity index (χ3v) is 7.30. The molecule has 0 radical (unpaired) electrons. The zero-order chi connectivity index (χ0) is 21.4. The van der Waals surface area contributed by atoms with Crippen LogP contribution in [0.5, 0.6) is 0 Å². The minimum Gasteiger partial charge on any atom is -0.343 e. The van der Waals surface area contributed by atoms with Crippen LogP contribution in [0, 0.1) is 0 Å². The number of halogens is 2. The van der Waals surface area contributed by atoms with E-state index in [-0.39, 0.29) is 0 Å². The summed E-state index contributed by atoms with van der Waals surface area (Å²) < 4.78 is 2.34. The van der Waals surface area contributed by atoms with E-state index < -0.39 is 0 Å². The Bertz CT molecular complexity index is 1180. The summed E-state index contributed by atoms with van der Waals surface area (Å²) in [6.45, 7) is 3.04. The van der Waals surface area contributed by atoms with Crippen molar-refractivity contribution in [2.75, 3.05) is 13.1 Å². The van der Waals surface area contributed by atoms with Gasteiger partial charge in [0.25, 0.3) is 0 Å². The van der Waals surface area contributed by atoms with Gasteiger partial charge >= 0.3 is 0 Å². The molecule has 0 saturated carbocycles. The van der Waals surface area contributed by atoms with Crippen LogP contribution < -0.4 is 0 Å². The van der Waals surface area contributed by atoms with Crippen LogP contribution in [0.3, 0.4) is 0 Å². The lowest BCUT2D eigenvalue weighted by molar-refractivity contribution is 0.205. The van der Waals surface area contributed by atoms with Gasteiger partial charge in [-0.15, -0.1) is 0 Å². The van der Waals surface area contributed by atoms with Gasteiger partial charge in [0.05, 0.1) is 5.69 Å². The summed E-state index contributed by atoms with van der Waals surface area (Å²) in [5, 5.41) is 2.94. The van der Waals surface area contributed by atoms with Crippen LogP contribution in [-0.2, 0) is 13.6 Å². The molecule has 1 saturated heterocycles. The highest BCUT2D eigenvalue weighted by atomic mass is 35.5. The number of likely N-dealkylation sites (tertiary alicyclic amines) is 1. The molecule has 158 valence electrons. The zero-order valence-electron chi connectivity index (χ0n) is 17.7. The number of aromatic nitrogens is 1. The standard InChI is InChI=1S/C27H26Cl2N2/c1-30-25-13-6-5-10-21(25)22(27(30)20-8-3-2-4-9-20)18-31-16-14-19(15-17-31)26-23(28)11-7-12-24(26)29/h2-13,19H,14-18H2,1H3. The fourth-order valence-electron chi connectivity index (χ4n) is 5.10. The molecule has 0 amide bonds. The molecule has 4 aromatic rings. The Morgan fingerprint density at radius 1 is 0.806 bits per heavy atom. The number of nitrogens with zero attached hydrogens (tertiary/aromatic N) is 2. The van der Waals surface area contributed by atoms with Crippen molar-refractivity contribution in [3.8, 4) is 11.3 Å². The van der Waals surface area contributed by atoms with Crippen molar-refractivity contribution in [2.24, 2.45) is 7.05 Å². The van der Waals surface area contributed by atoms with E-state index in [1.54, 1.807) is 0 Å².